The molecule has 0 aliphatic rings. The maximum absolute atomic E-state index is 12.0. The van der Waals surface area contributed by atoms with Gasteiger partial charge in [-0.3, -0.25) is 14.9 Å². The molecule has 0 N–H and O–H groups in total. The summed E-state index contributed by atoms with van der Waals surface area (Å²) < 4.78 is 31.7. The molecule has 0 saturated carbocycles. The number of rotatable bonds is 7. The minimum atomic E-state index is -3.51. The molecule has 0 spiro atoms. The second-order valence-electron chi connectivity index (χ2n) is 5.28. The number of hydrogen-bond acceptors (Lipinski definition) is 6. The van der Waals surface area contributed by atoms with Crippen molar-refractivity contribution in [3.63, 3.8) is 0 Å². The van der Waals surface area contributed by atoms with Gasteiger partial charge in [-0.05, 0) is 24.3 Å². The molecule has 0 radical (unpaired) electrons. The maximum atomic E-state index is 12.0. The van der Waals surface area contributed by atoms with Gasteiger partial charge >= 0.3 is 0 Å². The fraction of sp³-hybridized carbons (Fsp3) is 0.267. The fourth-order valence-corrected chi connectivity index (χ4v) is 2.88. The lowest BCUT2D eigenvalue weighted by molar-refractivity contribution is -0.385. The van der Waals surface area contributed by atoms with E-state index in [0.717, 1.165) is 22.6 Å². The molecule has 2 rings (SSSR count). The molecule has 134 valence electrons. The second-order valence-corrected chi connectivity index (χ2v) is 7.44. The van der Waals surface area contributed by atoms with E-state index in [0.29, 0.717) is 5.75 Å². The van der Waals surface area contributed by atoms with Gasteiger partial charge in [-0.25, -0.2) is 12.7 Å². The summed E-state index contributed by atoms with van der Waals surface area (Å²) in [6, 6.07) is 8.12. The molecule has 0 amide bonds. The summed E-state index contributed by atoms with van der Waals surface area (Å²) in [7, 11) is -0.625. The lowest BCUT2D eigenvalue weighted by Gasteiger charge is -2.12. The molecule has 1 heterocycles. The Bertz CT molecular complexity index is 919. The first-order chi connectivity index (χ1) is 11.7. The van der Waals surface area contributed by atoms with Crippen LogP contribution in [0.25, 0.3) is 0 Å². The highest BCUT2D eigenvalue weighted by Crippen LogP contribution is 2.18. The molecule has 0 saturated heterocycles. The van der Waals surface area contributed by atoms with Gasteiger partial charge in [0, 0.05) is 26.2 Å². The summed E-state index contributed by atoms with van der Waals surface area (Å²) in [6.45, 7) is 0.221. The van der Waals surface area contributed by atoms with Gasteiger partial charge in [-0.15, -0.1) is 0 Å². The van der Waals surface area contributed by atoms with Crippen LogP contribution in [0.2, 0.25) is 0 Å². The van der Waals surface area contributed by atoms with Crippen LogP contribution in [0, 0.1) is 10.1 Å². The van der Waals surface area contributed by atoms with E-state index >= 15 is 0 Å². The van der Waals surface area contributed by atoms with Gasteiger partial charge in [0.2, 0.25) is 10.0 Å². The highest BCUT2D eigenvalue weighted by Gasteiger charge is 2.16. The van der Waals surface area contributed by atoms with E-state index in [1.54, 1.807) is 0 Å². The Morgan fingerprint density at radius 3 is 2.36 bits per heavy atom. The number of nitro groups is 1. The van der Waals surface area contributed by atoms with E-state index in [1.807, 2.05) is 0 Å². The molecular formula is C15H17N3O6S. The average molecular weight is 367 g/mol. The van der Waals surface area contributed by atoms with Crippen molar-refractivity contribution in [2.24, 2.45) is 0 Å². The van der Waals surface area contributed by atoms with Gasteiger partial charge in [0.05, 0.1) is 22.6 Å². The van der Waals surface area contributed by atoms with Crippen molar-refractivity contribution in [2.75, 3.05) is 20.7 Å². The van der Waals surface area contributed by atoms with Gasteiger partial charge in [0.25, 0.3) is 11.2 Å². The third-order valence-corrected chi connectivity index (χ3v) is 5.21. The first kappa shape index (κ1) is 18.6. The summed E-state index contributed by atoms with van der Waals surface area (Å²) in [4.78, 5) is 22.0. The van der Waals surface area contributed by atoms with Crippen molar-refractivity contribution >= 4 is 15.7 Å². The maximum Gasteiger partial charge on any atom is 0.285 e. The standard InChI is InChI=1S/C15H17N3O6S/c1-16(2)25(22,23)14-6-4-13(5-7-14)24-10-9-17-11-12(18(20)21)3-8-15(17)19/h3-8,11H,9-10H2,1-2H3. The van der Waals surface area contributed by atoms with Crippen LogP contribution in [-0.4, -0.2) is 42.9 Å². The molecule has 25 heavy (non-hydrogen) atoms. The van der Waals surface area contributed by atoms with Gasteiger partial charge in [-0.1, -0.05) is 0 Å². The van der Waals surface area contributed by atoms with E-state index in [2.05, 4.69) is 0 Å². The molecule has 1 aromatic heterocycles. The monoisotopic (exact) mass is 367 g/mol. The lowest BCUT2D eigenvalue weighted by Crippen LogP contribution is -2.22. The Morgan fingerprint density at radius 2 is 1.80 bits per heavy atom. The molecule has 0 atom stereocenters. The zero-order valence-electron chi connectivity index (χ0n) is 13.7. The zero-order valence-corrected chi connectivity index (χ0v) is 14.5. The minimum absolute atomic E-state index is 0.0981. The van der Waals surface area contributed by atoms with E-state index in [1.165, 1.54) is 42.9 Å². The van der Waals surface area contributed by atoms with Crippen molar-refractivity contribution in [3.05, 3.63) is 63.1 Å². The van der Waals surface area contributed by atoms with Gasteiger partial charge in [0.15, 0.2) is 0 Å². The van der Waals surface area contributed by atoms with Gasteiger partial charge < -0.3 is 9.30 Å². The predicted molar refractivity (Wildman–Crippen MR) is 90.2 cm³/mol. The second kappa shape index (κ2) is 7.45. The lowest BCUT2D eigenvalue weighted by atomic mass is 10.3. The molecule has 0 unspecified atom stereocenters. The molecule has 9 nitrogen and oxygen atoms in total. The molecule has 0 aliphatic carbocycles. The van der Waals surface area contributed by atoms with Crippen molar-refractivity contribution in [3.8, 4) is 5.75 Å². The topological polar surface area (TPSA) is 112 Å². The fourth-order valence-electron chi connectivity index (χ4n) is 1.98. The summed E-state index contributed by atoms with van der Waals surface area (Å²) >= 11 is 0. The first-order valence-electron chi connectivity index (χ1n) is 7.22. The smallest absolute Gasteiger partial charge is 0.285 e. The third kappa shape index (κ3) is 4.43. The Labute approximate surface area is 144 Å². The average Bonchev–Trinajstić information content (AvgIpc) is 2.56. The zero-order chi connectivity index (χ0) is 18.6. The van der Waals surface area contributed by atoms with Crippen LogP contribution in [0.1, 0.15) is 0 Å². The SMILES string of the molecule is CN(C)S(=O)(=O)c1ccc(OCCn2cc([N+](=O)[O-])ccc2=O)cc1. The molecule has 10 heteroatoms. The third-order valence-electron chi connectivity index (χ3n) is 3.38. The minimum Gasteiger partial charge on any atom is -0.492 e. The molecule has 1 aromatic carbocycles. The number of nitrogens with zero attached hydrogens (tertiary/aromatic N) is 3. The number of sulfonamides is 1. The van der Waals surface area contributed by atoms with Crippen molar-refractivity contribution in [1.29, 1.82) is 0 Å². The number of benzene rings is 1. The first-order valence-corrected chi connectivity index (χ1v) is 8.66. The number of pyridine rings is 1. The van der Waals surface area contributed by atoms with E-state index in [9.17, 15) is 23.3 Å². The summed E-state index contributed by atoms with van der Waals surface area (Å²) in [5, 5.41) is 10.7. The van der Waals surface area contributed by atoms with Crippen LogP contribution in [0.4, 0.5) is 5.69 Å². The van der Waals surface area contributed by atoms with Crippen LogP contribution >= 0.6 is 0 Å². The molecular weight excluding hydrogens is 350 g/mol. The highest BCUT2D eigenvalue weighted by atomic mass is 32.2. The van der Waals surface area contributed by atoms with Crippen molar-refractivity contribution in [1.82, 2.24) is 8.87 Å². The van der Waals surface area contributed by atoms with Crippen LogP contribution in [0.15, 0.2) is 52.3 Å². The van der Waals surface area contributed by atoms with E-state index in [-0.39, 0.29) is 29.3 Å². The van der Waals surface area contributed by atoms with Crippen LogP contribution in [-0.2, 0) is 16.6 Å². The van der Waals surface area contributed by atoms with Crippen LogP contribution in [0.3, 0.4) is 0 Å². The summed E-state index contributed by atoms with van der Waals surface area (Å²) in [5.41, 5.74) is -0.556. The molecule has 0 bridgehead atoms. The van der Waals surface area contributed by atoms with Gasteiger partial charge in [0.1, 0.15) is 12.4 Å². The Hall–Kier alpha value is -2.72. The number of hydrogen-bond donors (Lipinski definition) is 0. The Morgan fingerprint density at radius 1 is 1.16 bits per heavy atom. The Balaban J connectivity index is 2.02. The molecule has 0 aliphatic heterocycles. The van der Waals surface area contributed by atoms with Gasteiger partial charge in [-0.2, -0.15) is 0 Å². The number of ether oxygens (including phenoxy) is 1. The largest absolute Gasteiger partial charge is 0.492 e. The number of aromatic nitrogens is 1. The predicted octanol–water partition coefficient (Wildman–Crippen LogP) is 1.09. The normalized spacial score (nSPS) is 11.5. The Kier molecular flexibility index (Phi) is 5.55. The molecule has 2 aromatic rings. The van der Waals surface area contributed by atoms with Crippen molar-refractivity contribution in [2.45, 2.75) is 11.4 Å². The quantitative estimate of drug-likeness (QED) is 0.535. The van der Waals surface area contributed by atoms with E-state index in [4.69, 9.17) is 4.74 Å². The highest BCUT2D eigenvalue weighted by molar-refractivity contribution is 7.89. The summed E-state index contributed by atoms with van der Waals surface area (Å²) in [5.74, 6) is 0.427. The van der Waals surface area contributed by atoms with E-state index < -0.39 is 14.9 Å². The van der Waals surface area contributed by atoms with Crippen molar-refractivity contribution < 1.29 is 18.1 Å². The van der Waals surface area contributed by atoms with Crippen LogP contribution in [0.5, 0.6) is 5.75 Å². The molecule has 0 fully saturated rings. The summed E-state index contributed by atoms with van der Waals surface area (Å²) in [6.07, 6.45) is 1.15. The van der Waals surface area contributed by atoms with Crippen LogP contribution < -0.4 is 10.3 Å².